The number of aliphatic hydroxyl groups excluding tert-OH is 2. The van der Waals surface area contributed by atoms with Gasteiger partial charge in [0.1, 0.15) is 25.4 Å². The minimum absolute atomic E-state index is 0.0800. The minimum atomic E-state index is -4.95. The zero-order valence-electron chi connectivity index (χ0n) is 64.2. The van der Waals surface area contributed by atoms with Crippen molar-refractivity contribution < 1.29 is 75.8 Å². The van der Waals surface area contributed by atoms with E-state index < -0.39 is 91.5 Å². The van der Waals surface area contributed by atoms with Crippen LogP contribution in [0.2, 0.25) is 0 Å². The van der Waals surface area contributed by atoms with Gasteiger partial charge in [-0.25, -0.2) is 9.13 Å². The van der Waals surface area contributed by atoms with Crippen LogP contribution in [0.25, 0.3) is 0 Å². The molecule has 0 aliphatic rings. The third kappa shape index (κ3) is 78.1. The number of ether oxygens (including phenoxy) is 3. The lowest BCUT2D eigenvalue weighted by atomic mass is 10.1. The van der Waals surface area contributed by atoms with Crippen LogP contribution in [0.3, 0.4) is 0 Å². The Kier molecular flexibility index (Phi) is 73.2. The highest BCUT2D eigenvalue weighted by molar-refractivity contribution is 7.47. The molecular weight excluding hydrogens is 1340 g/mol. The molecule has 18 heteroatoms. The summed E-state index contributed by atoms with van der Waals surface area (Å²) in [5.74, 6) is -1.61. The van der Waals surface area contributed by atoms with Gasteiger partial charge >= 0.3 is 33.6 Å². The molecular formula is C85H142O16P2. The van der Waals surface area contributed by atoms with E-state index in [1.54, 1.807) is 0 Å². The molecule has 5 atom stereocenters. The van der Waals surface area contributed by atoms with Crippen molar-refractivity contribution in [3.63, 3.8) is 0 Å². The first-order chi connectivity index (χ1) is 50.2. The number of hydrogen-bond donors (Lipinski definition) is 4. The number of carbonyl (C=O) groups excluding carboxylic acids is 3. The number of aliphatic hydroxyl groups is 2. The SMILES string of the molecule is CC/C=C\C/C=C\C/C=C\C/C=C\C/C=C\CCCCCCCCCC(=O)OCC(COP(=O)(O)OCC(O)COP(=O)(O)OCC(O)COC(=O)CCCCCCCCCCC/C=C\C/C=C\C/C=C\C/C=C\CCCCC)OC(=O)CCCCCCCC/C=C\C/C=C\C/C=C\C/C=C\CC. The van der Waals surface area contributed by atoms with Gasteiger partial charge in [0.2, 0.25) is 0 Å². The summed E-state index contributed by atoms with van der Waals surface area (Å²) in [4.78, 5) is 58.7. The molecule has 0 saturated heterocycles. The van der Waals surface area contributed by atoms with Gasteiger partial charge in [-0.1, -0.05) is 294 Å². The normalized spacial score (nSPS) is 14.8. The highest BCUT2D eigenvalue weighted by atomic mass is 31.2. The van der Waals surface area contributed by atoms with Crippen LogP contribution in [0.4, 0.5) is 0 Å². The quantitative estimate of drug-likeness (QED) is 0.0146. The number of phosphoric acid groups is 2. The Balaban J connectivity index is 4.69. The molecule has 103 heavy (non-hydrogen) atoms. The molecule has 0 fully saturated rings. The summed E-state index contributed by atoms with van der Waals surface area (Å²) in [6.07, 6.45) is 95.6. The van der Waals surface area contributed by atoms with Gasteiger partial charge in [-0.2, -0.15) is 0 Å². The number of carbonyl (C=O) groups is 3. The zero-order chi connectivity index (χ0) is 75.2. The number of hydrogen-bond acceptors (Lipinski definition) is 14. The van der Waals surface area contributed by atoms with Crippen molar-refractivity contribution in [3.8, 4) is 0 Å². The predicted octanol–water partition coefficient (Wildman–Crippen LogP) is 23.4. The molecule has 0 amide bonds. The monoisotopic (exact) mass is 1480 g/mol. The Morgan fingerprint density at radius 3 is 0.816 bits per heavy atom. The average Bonchev–Trinajstić information content (AvgIpc) is 0.939. The van der Waals surface area contributed by atoms with E-state index >= 15 is 0 Å². The third-order valence-electron chi connectivity index (χ3n) is 16.2. The van der Waals surface area contributed by atoms with E-state index in [0.29, 0.717) is 19.3 Å². The minimum Gasteiger partial charge on any atom is -0.463 e. The molecule has 0 aromatic heterocycles. The highest BCUT2D eigenvalue weighted by Crippen LogP contribution is 2.45. The smallest absolute Gasteiger partial charge is 0.463 e. The summed E-state index contributed by atoms with van der Waals surface area (Å²) in [6, 6.07) is 0. The Hall–Kier alpha value is -4.83. The van der Waals surface area contributed by atoms with Crippen molar-refractivity contribution in [1.82, 2.24) is 0 Å². The average molecular weight is 1480 g/mol. The fourth-order valence-electron chi connectivity index (χ4n) is 10.2. The van der Waals surface area contributed by atoms with E-state index in [4.69, 9.17) is 32.3 Å². The summed E-state index contributed by atoms with van der Waals surface area (Å²) in [5.41, 5.74) is 0. The summed E-state index contributed by atoms with van der Waals surface area (Å²) in [6.45, 7) is 2.39. The van der Waals surface area contributed by atoms with E-state index in [-0.39, 0.29) is 19.3 Å². The molecule has 0 aliphatic heterocycles. The van der Waals surface area contributed by atoms with Crippen LogP contribution in [-0.2, 0) is 55.8 Å². The Labute approximate surface area is 625 Å². The fourth-order valence-corrected chi connectivity index (χ4v) is 11.8. The van der Waals surface area contributed by atoms with Crippen molar-refractivity contribution in [1.29, 1.82) is 0 Å². The van der Waals surface area contributed by atoms with E-state index in [2.05, 4.69) is 179 Å². The van der Waals surface area contributed by atoms with Gasteiger partial charge in [-0.15, -0.1) is 0 Å². The van der Waals surface area contributed by atoms with Crippen LogP contribution in [0.5, 0.6) is 0 Å². The van der Waals surface area contributed by atoms with Crippen LogP contribution in [0.1, 0.15) is 303 Å². The predicted molar refractivity (Wildman–Crippen MR) is 426 cm³/mol. The van der Waals surface area contributed by atoms with Crippen molar-refractivity contribution in [3.05, 3.63) is 158 Å². The summed E-state index contributed by atoms with van der Waals surface area (Å²) < 4.78 is 61.2. The lowest BCUT2D eigenvalue weighted by Crippen LogP contribution is -2.30. The number of rotatable bonds is 74. The van der Waals surface area contributed by atoms with E-state index in [0.717, 1.165) is 193 Å². The standard InChI is InChI=1S/C85H142O16P2/c1-4-7-10-13-16-19-22-25-28-31-34-36-38-39-41-43-45-47-50-53-56-59-62-65-68-71-83(88)95-74-80(86)75-97-102(91,92)98-76-81(87)77-99-103(93,94)100-79-82(101-85(90)73-70-67-64-61-58-55-52-49-44-33-30-27-24-21-18-15-12-9-6-3)78-96-84(89)72-69-66-63-60-57-54-51-48-46-42-40-37-35-32-29-26-23-20-17-14-11-8-5-2/h8-9,11-12,16-21,25-30,34-37,39,41-42,44,46,49,80-82,86-87H,4-7,10,13-15,22-24,31-33,38,40,43,45,47-48,50-79H2,1-3H3,(H,91,92)(H,93,94)/b11-8-,12-9-,19-16-,20-17-,21-18-,28-25-,29-26-,30-27-,36-34-,37-35-,41-39-,46-42-,49-44-. The molecule has 0 radical (unpaired) electrons. The van der Waals surface area contributed by atoms with Crippen molar-refractivity contribution in [2.24, 2.45) is 0 Å². The van der Waals surface area contributed by atoms with Gasteiger partial charge < -0.3 is 34.2 Å². The van der Waals surface area contributed by atoms with Crippen molar-refractivity contribution >= 4 is 33.6 Å². The summed E-state index contributed by atoms with van der Waals surface area (Å²) in [5, 5.41) is 20.7. The number of unbranched alkanes of at least 4 members (excludes halogenated alkanes) is 25. The first-order valence-corrected chi connectivity index (χ1v) is 42.8. The van der Waals surface area contributed by atoms with E-state index in [9.17, 15) is 43.5 Å². The Bertz CT molecular complexity index is 2500. The fraction of sp³-hybridized carbons (Fsp3) is 0.659. The maximum Gasteiger partial charge on any atom is 0.472 e. The van der Waals surface area contributed by atoms with Gasteiger partial charge in [0.15, 0.2) is 6.10 Å². The van der Waals surface area contributed by atoms with Crippen LogP contribution in [0, 0.1) is 0 Å². The van der Waals surface area contributed by atoms with Crippen LogP contribution >= 0.6 is 15.6 Å². The Morgan fingerprint density at radius 2 is 0.515 bits per heavy atom. The molecule has 0 aliphatic carbocycles. The second kappa shape index (κ2) is 76.8. The van der Waals surface area contributed by atoms with Gasteiger partial charge in [0, 0.05) is 19.3 Å². The van der Waals surface area contributed by atoms with Gasteiger partial charge in [0.25, 0.3) is 0 Å². The number of phosphoric ester groups is 2. The maximum atomic E-state index is 13.0. The molecule has 0 bridgehead atoms. The van der Waals surface area contributed by atoms with Gasteiger partial charge in [0.05, 0.1) is 26.4 Å². The number of allylic oxidation sites excluding steroid dienone is 26. The maximum absolute atomic E-state index is 13.0. The summed E-state index contributed by atoms with van der Waals surface area (Å²) >= 11 is 0. The van der Waals surface area contributed by atoms with Gasteiger partial charge in [-0.05, 0) is 148 Å². The lowest BCUT2D eigenvalue weighted by Gasteiger charge is -2.21. The van der Waals surface area contributed by atoms with Crippen LogP contribution in [-0.4, -0.2) is 95.9 Å². The molecule has 0 aromatic carbocycles. The van der Waals surface area contributed by atoms with Crippen LogP contribution < -0.4 is 0 Å². The van der Waals surface area contributed by atoms with Crippen LogP contribution in [0.15, 0.2) is 158 Å². The first-order valence-electron chi connectivity index (χ1n) is 39.8. The molecule has 4 N–H and O–H groups in total. The largest absolute Gasteiger partial charge is 0.472 e. The molecule has 5 unspecified atom stereocenters. The topological polar surface area (TPSA) is 231 Å². The molecule has 0 rings (SSSR count). The first kappa shape index (κ1) is 98.2. The lowest BCUT2D eigenvalue weighted by molar-refractivity contribution is -0.161. The molecule has 0 saturated carbocycles. The van der Waals surface area contributed by atoms with E-state index in [1.807, 2.05) is 0 Å². The third-order valence-corrected chi connectivity index (χ3v) is 18.1. The summed E-state index contributed by atoms with van der Waals surface area (Å²) in [7, 11) is -9.81. The molecule has 588 valence electrons. The van der Waals surface area contributed by atoms with Crippen molar-refractivity contribution in [2.75, 3.05) is 39.6 Å². The molecule has 16 nitrogen and oxygen atoms in total. The van der Waals surface area contributed by atoms with E-state index in [1.165, 1.54) is 51.4 Å². The van der Waals surface area contributed by atoms with Crippen molar-refractivity contribution in [2.45, 2.75) is 322 Å². The zero-order valence-corrected chi connectivity index (χ0v) is 66.0. The number of esters is 3. The molecule has 0 heterocycles. The second-order valence-corrected chi connectivity index (χ2v) is 29.0. The highest BCUT2D eigenvalue weighted by Gasteiger charge is 2.29. The molecule has 0 spiro atoms. The van der Waals surface area contributed by atoms with Gasteiger partial charge in [-0.3, -0.25) is 32.5 Å². The molecule has 0 aromatic rings. The Morgan fingerprint density at radius 1 is 0.282 bits per heavy atom. The second-order valence-electron chi connectivity index (χ2n) is 26.1.